The van der Waals surface area contributed by atoms with Gasteiger partial charge in [0.15, 0.2) is 55.2 Å². The van der Waals surface area contributed by atoms with Crippen molar-refractivity contribution in [2.75, 3.05) is 90.1 Å². The highest BCUT2D eigenvalue weighted by Crippen LogP contribution is 2.46. The van der Waals surface area contributed by atoms with E-state index in [1.807, 2.05) is 29.2 Å². The van der Waals surface area contributed by atoms with Crippen LogP contribution in [0.4, 0.5) is 94.2 Å². The lowest BCUT2D eigenvalue weighted by Gasteiger charge is -2.36. The monoisotopic (exact) mass is 1720 g/mol. The highest BCUT2D eigenvalue weighted by Gasteiger charge is 2.51. The molecular weight excluding hydrogens is 1640 g/mol. The second kappa shape index (κ2) is 39.2. The Bertz CT molecular complexity index is 5610. The molecule has 0 saturated heterocycles. The SMILES string of the molecule is CC1(F)CC(C(N)=O)C1.[2H]C([2H])([2H])NC(=O)c1nnc(Cl)cc1Nc1ncccc1SC.[2H]C([2H])([2H])NC(=O)c1nnc(NC(=O)C2CC(F)(F)C2)cc1Nc1ncccc1S(C)(=O)=O.[2H]C([2H])([2H])NC(=O)c1nnc(NC(=O)C2CC(F)(F)C2)cc1Nc1ncccc1S(C)=O.[2H]C([2H])([2H])NC(=O)c1nnc(NC(=O)C2CC(F)(F)C2)cc1Nc1ncccc1SC. The largest absolute Gasteiger partial charge is 0.369 e. The molecule has 35 nitrogen and oxygen atoms in total. The maximum Gasteiger partial charge on any atom is 0.273 e. The molecule has 8 heterocycles. The van der Waals surface area contributed by atoms with E-state index in [4.69, 9.17) is 33.8 Å². The van der Waals surface area contributed by atoms with Gasteiger partial charge in [-0.05, 0) is 80.8 Å². The van der Waals surface area contributed by atoms with Gasteiger partial charge < -0.3 is 64.2 Å². The molecule has 8 aromatic heterocycles. The number of aromatic nitrogens is 12. The highest BCUT2D eigenvalue weighted by molar-refractivity contribution is 7.99. The molecule has 4 fully saturated rings. The molecule has 0 aliphatic heterocycles. The fourth-order valence-corrected chi connectivity index (χ4v) is 13.3. The zero-order valence-corrected chi connectivity index (χ0v) is 64.8. The Morgan fingerprint density at radius 2 is 0.802 bits per heavy atom. The molecule has 4 saturated carbocycles. The molecule has 8 amide bonds. The van der Waals surface area contributed by atoms with Crippen LogP contribution in [-0.2, 0) is 39.8 Å². The molecule has 8 aromatic rings. The van der Waals surface area contributed by atoms with Gasteiger partial charge in [-0.3, -0.25) is 42.6 Å². The van der Waals surface area contributed by atoms with Crippen LogP contribution in [0.3, 0.4) is 0 Å². The summed E-state index contributed by atoms with van der Waals surface area (Å²) in [5.41, 5.74) is 2.19. The van der Waals surface area contributed by atoms with Gasteiger partial charge in [0, 0.05) is 178 Å². The van der Waals surface area contributed by atoms with Crippen LogP contribution in [0.25, 0.3) is 0 Å². The first-order chi connectivity index (χ1) is 59.3. The standard InChI is InChI=1S/C17H18F2N6O4S.C17H18F2N6O3S.C17H18F2N6O2S.C12H12ClN5OS.C6H10FNO/c1-20-16(27)13-10(22-14-11(30(2,28)29)4-3-5-21-14)6-12(24-25-13)23-15(26)9-7-17(18,19)8-9;1-20-16(27)13-10(22-14-11(29(2)28)4-3-5-21-14)6-12(24-25-13)23-15(26)9-7-17(18,19)8-9;1-20-16(27)13-10(22-14-11(28-2)4-3-5-21-14)6-12(24-25-13)23-15(26)9-7-17(18,19)8-9;1-14-12(19)10-7(6-9(13)17-18-10)16-11-8(20-2)4-3-5-15-11;1-6(7)2-4(3-6)5(8)9/h3-6,9H,7-8H2,1-2H3,(H,20,27)(H2,21,22,23,24,26);3-6,9H,7-8H2,1-2H3,(H,20,27)(H2,21,22,23,24,26);3-6,9H,7-8H2,1-2H3,(H,20,27)(H2,21,22,23,24,26);3-6H,1-2H3,(H,14,19)(H,15,16,17);4H,2-3H2,1H3,(H2,8,9)/i4*1D3;. The van der Waals surface area contributed by atoms with Crippen LogP contribution in [0.2, 0.25) is 5.15 Å². The fourth-order valence-electron chi connectivity index (χ4n) is 10.7. The number of carbonyl (C=O) groups is 8. The summed E-state index contributed by atoms with van der Waals surface area (Å²) in [4.78, 5) is 114. The molecule has 116 heavy (non-hydrogen) atoms. The van der Waals surface area contributed by atoms with Crippen LogP contribution in [0.15, 0.2) is 117 Å². The summed E-state index contributed by atoms with van der Waals surface area (Å²) < 4.78 is 213. The molecular formula is C69H76ClF7N24O11S4. The van der Waals surface area contributed by atoms with Gasteiger partial charge in [0.05, 0.1) is 38.4 Å². The van der Waals surface area contributed by atoms with Gasteiger partial charge in [-0.15, -0.1) is 64.3 Å². The van der Waals surface area contributed by atoms with Crippen LogP contribution < -0.4 is 64.2 Å². The second-order valence-electron chi connectivity index (χ2n) is 25.5. The molecule has 12 rings (SSSR count). The van der Waals surface area contributed by atoms with Crippen molar-refractivity contribution in [2.24, 2.45) is 29.4 Å². The zero-order chi connectivity index (χ0) is 95.2. The number of halogens is 8. The Hall–Kier alpha value is -11.5. The zero-order valence-electron chi connectivity index (χ0n) is 72.8. The average Bonchev–Trinajstić information content (AvgIpc) is 0.802. The van der Waals surface area contributed by atoms with Crippen molar-refractivity contribution in [3.63, 3.8) is 0 Å². The number of hydrogen-bond acceptors (Lipinski definition) is 29. The normalized spacial score (nSPS) is 18.9. The lowest BCUT2D eigenvalue weighted by atomic mass is 9.73. The van der Waals surface area contributed by atoms with Crippen LogP contribution in [0, 0.1) is 23.7 Å². The van der Waals surface area contributed by atoms with Gasteiger partial charge in [0.1, 0.15) is 33.8 Å². The molecule has 4 aliphatic rings. The quantitative estimate of drug-likeness (QED) is 0.0210. The number of pyridine rings is 4. The van der Waals surface area contributed by atoms with E-state index in [-0.39, 0.29) is 90.0 Å². The van der Waals surface area contributed by atoms with E-state index in [9.17, 15) is 81.7 Å². The van der Waals surface area contributed by atoms with Crippen molar-refractivity contribution in [3.05, 3.63) is 126 Å². The Labute approximate surface area is 690 Å². The minimum atomic E-state index is -3.76. The number of sulfone groups is 1. The Kier molecular flexibility index (Phi) is 24.8. The summed E-state index contributed by atoms with van der Waals surface area (Å²) in [7, 11) is -5.22. The van der Waals surface area contributed by atoms with E-state index in [1.54, 1.807) is 41.1 Å². The first-order valence-corrected chi connectivity index (χ1v) is 39.6. The minimum absolute atomic E-state index is 0.0278. The van der Waals surface area contributed by atoms with E-state index >= 15 is 0 Å². The molecule has 0 radical (unpaired) electrons. The molecule has 47 heteroatoms. The third-order valence-electron chi connectivity index (χ3n) is 16.6. The Morgan fingerprint density at radius 3 is 1.12 bits per heavy atom. The van der Waals surface area contributed by atoms with Crippen molar-refractivity contribution in [3.8, 4) is 0 Å². The minimum Gasteiger partial charge on any atom is -0.369 e. The number of carbonyl (C=O) groups excluding carboxylic acids is 8. The van der Waals surface area contributed by atoms with Crippen molar-refractivity contribution in [2.45, 2.75) is 101 Å². The molecule has 1 unspecified atom stereocenters. The molecule has 0 spiro atoms. The van der Waals surface area contributed by atoms with Crippen molar-refractivity contribution < 1.29 is 98.2 Å². The van der Waals surface area contributed by atoms with Crippen LogP contribution in [-0.4, -0.2) is 197 Å². The van der Waals surface area contributed by atoms with E-state index in [0.29, 0.717) is 24.5 Å². The topological polar surface area (TPSA) is 501 Å². The van der Waals surface area contributed by atoms with Gasteiger partial charge in [-0.2, -0.15) is 0 Å². The van der Waals surface area contributed by atoms with Crippen LogP contribution >= 0.6 is 35.1 Å². The maximum atomic E-state index is 13.0. The van der Waals surface area contributed by atoms with Gasteiger partial charge in [-0.25, -0.2) is 59.1 Å². The molecule has 618 valence electrons. The first-order valence-electron chi connectivity index (χ1n) is 39.3. The maximum absolute atomic E-state index is 13.0. The summed E-state index contributed by atoms with van der Waals surface area (Å²) in [6.45, 7) is -9.56. The van der Waals surface area contributed by atoms with E-state index < -0.39 is 181 Å². The molecule has 0 aromatic carbocycles. The van der Waals surface area contributed by atoms with Gasteiger partial charge in [0.25, 0.3) is 23.6 Å². The number of hydrogen-bond donors (Lipinski definition) is 12. The molecule has 13 N–H and O–H groups in total. The van der Waals surface area contributed by atoms with Crippen molar-refractivity contribution in [1.29, 1.82) is 0 Å². The second-order valence-corrected chi connectivity index (χ2v) is 30.9. The predicted octanol–water partition coefficient (Wildman–Crippen LogP) is 8.70. The summed E-state index contributed by atoms with van der Waals surface area (Å²) in [6.07, 6.45) is 8.89. The summed E-state index contributed by atoms with van der Waals surface area (Å²) in [5.74, 6) is -17.9. The number of anilines is 11. The summed E-state index contributed by atoms with van der Waals surface area (Å²) in [6, 6.07) is 17.7. The van der Waals surface area contributed by atoms with E-state index in [2.05, 4.69) is 97.9 Å². The Morgan fingerprint density at radius 1 is 0.483 bits per heavy atom. The fraction of sp³-hybridized carbons (Fsp3) is 0.362. The van der Waals surface area contributed by atoms with Crippen molar-refractivity contribution >= 4 is 166 Å². The number of nitrogens with zero attached hydrogens (tertiary/aromatic N) is 12. The van der Waals surface area contributed by atoms with Crippen LogP contribution in [0.5, 0.6) is 0 Å². The lowest BCUT2D eigenvalue weighted by Crippen LogP contribution is -2.43. The van der Waals surface area contributed by atoms with Crippen molar-refractivity contribution in [1.82, 2.24) is 82.0 Å². The number of amides is 8. The summed E-state index contributed by atoms with van der Waals surface area (Å²) >= 11 is 8.65. The number of alkyl halides is 7. The number of rotatable bonds is 23. The van der Waals surface area contributed by atoms with E-state index in [1.165, 1.54) is 91.7 Å². The third kappa shape index (κ3) is 24.8. The highest BCUT2D eigenvalue weighted by atomic mass is 35.5. The molecule has 4 aliphatic carbocycles. The number of thioether (sulfide) groups is 2. The lowest BCUT2D eigenvalue weighted by molar-refractivity contribution is -0.145. The molecule has 0 bridgehead atoms. The first kappa shape index (κ1) is 73.4. The number of nitrogens with two attached hydrogens (primary N) is 1. The third-order valence-corrected chi connectivity index (χ3v) is 20.4. The Balaban J connectivity index is 0.000000205. The number of primary amides is 1. The van der Waals surface area contributed by atoms with Gasteiger partial charge in [0.2, 0.25) is 41.4 Å². The molecule has 1 atom stereocenters. The smallest absolute Gasteiger partial charge is 0.273 e. The van der Waals surface area contributed by atoms with Gasteiger partial charge >= 0.3 is 0 Å². The van der Waals surface area contributed by atoms with E-state index in [0.717, 1.165) is 22.1 Å². The predicted molar refractivity (Wildman–Crippen MR) is 416 cm³/mol. The summed E-state index contributed by atoms with van der Waals surface area (Å²) in [5, 5.41) is 54.7. The average molecular weight is 1730 g/mol. The number of nitrogens with one attached hydrogen (secondary N) is 11. The van der Waals surface area contributed by atoms with Gasteiger partial charge in [-0.1, -0.05) is 11.6 Å². The van der Waals surface area contributed by atoms with Crippen LogP contribution in [0.1, 0.15) is 117 Å².